The fourth-order valence-electron chi connectivity index (χ4n) is 1.90. The molecule has 0 radical (unpaired) electrons. The molecule has 1 heterocycles. The average Bonchev–Trinajstić information content (AvgIpc) is 2.80. The number of nitro groups is 1. The Labute approximate surface area is 115 Å². The molecular weight excluding hydrogens is 294 g/mol. The minimum absolute atomic E-state index is 0.119. The molecule has 1 aromatic rings. The smallest absolute Gasteiger partial charge is 0.290 e. The van der Waals surface area contributed by atoms with Crippen LogP contribution in [0.1, 0.15) is 6.42 Å². The second-order valence-corrected chi connectivity index (χ2v) is 6.30. The van der Waals surface area contributed by atoms with Crippen LogP contribution in [-0.2, 0) is 10.0 Å². The highest BCUT2D eigenvalue weighted by Gasteiger charge is 2.29. The van der Waals surface area contributed by atoms with Gasteiger partial charge in [0.2, 0.25) is 10.0 Å². The number of halogens is 1. The zero-order valence-electron chi connectivity index (χ0n) is 9.80. The number of hydrogen-bond donors (Lipinski definition) is 2. The number of hydrogen-bond acceptors (Lipinski definition) is 5. The summed E-state index contributed by atoms with van der Waals surface area (Å²) in [6.07, 6.45) is 0.653. The summed E-state index contributed by atoms with van der Waals surface area (Å²) in [4.78, 5) is 9.78. The molecule has 1 aliphatic rings. The molecule has 1 aliphatic heterocycles. The van der Waals surface area contributed by atoms with Crippen LogP contribution >= 0.6 is 11.6 Å². The van der Waals surface area contributed by atoms with Crippen molar-refractivity contribution in [3.8, 4) is 0 Å². The van der Waals surface area contributed by atoms with Gasteiger partial charge in [0.15, 0.2) is 4.90 Å². The molecule has 1 atom stereocenters. The Morgan fingerprint density at radius 3 is 2.79 bits per heavy atom. The van der Waals surface area contributed by atoms with Crippen molar-refractivity contribution in [3.05, 3.63) is 33.3 Å². The van der Waals surface area contributed by atoms with E-state index in [4.69, 9.17) is 11.6 Å². The van der Waals surface area contributed by atoms with Crippen LogP contribution in [0.2, 0.25) is 5.02 Å². The number of benzene rings is 1. The van der Waals surface area contributed by atoms with Crippen LogP contribution in [0.5, 0.6) is 0 Å². The van der Waals surface area contributed by atoms with Crippen LogP contribution in [0.25, 0.3) is 0 Å². The van der Waals surface area contributed by atoms with Gasteiger partial charge in [0, 0.05) is 23.7 Å². The molecule has 0 aliphatic carbocycles. The summed E-state index contributed by atoms with van der Waals surface area (Å²) in [7, 11) is -3.93. The van der Waals surface area contributed by atoms with E-state index in [1.165, 1.54) is 6.07 Å². The summed E-state index contributed by atoms with van der Waals surface area (Å²) in [6.45, 7) is 1.23. The van der Waals surface area contributed by atoms with Crippen molar-refractivity contribution in [2.45, 2.75) is 17.4 Å². The van der Waals surface area contributed by atoms with Gasteiger partial charge in [0.25, 0.3) is 5.69 Å². The first-order valence-electron chi connectivity index (χ1n) is 5.57. The van der Waals surface area contributed by atoms with Gasteiger partial charge in [-0.25, -0.2) is 13.1 Å². The predicted octanol–water partition coefficient (Wildman–Crippen LogP) is 0.888. The summed E-state index contributed by atoms with van der Waals surface area (Å²) >= 11 is 5.65. The summed E-state index contributed by atoms with van der Waals surface area (Å²) in [6, 6.07) is 3.24. The van der Waals surface area contributed by atoms with Crippen LogP contribution in [0.3, 0.4) is 0 Å². The van der Waals surface area contributed by atoms with Gasteiger partial charge in [-0.2, -0.15) is 0 Å². The van der Waals surface area contributed by atoms with Crippen LogP contribution in [-0.4, -0.2) is 32.5 Å². The number of sulfonamides is 1. The van der Waals surface area contributed by atoms with E-state index < -0.39 is 20.6 Å². The van der Waals surface area contributed by atoms with Crippen molar-refractivity contribution >= 4 is 27.3 Å². The van der Waals surface area contributed by atoms with E-state index in [1.807, 2.05) is 0 Å². The van der Waals surface area contributed by atoms with Crippen LogP contribution < -0.4 is 10.0 Å². The van der Waals surface area contributed by atoms with E-state index in [0.717, 1.165) is 18.7 Å². The van der Waals surface area contributed by atoms with E-state index in [1.54, 1.807) is 0 Å². The molecule has 0 bridgehead atoms. The maximum absolute atomic E-state index is 12.1. The van der Waals surface area contributed by atoms with Crippen molar-refractivity contribution in [1.82, 2.24) is 10.0 Å². The van der Waals surface area contributed by atoms with Crippen molar-refractivity contribution < 1.29 is 13.3 Å². The molecular formula is C10H12ClN3O4S. The van der Waals surface area contributed by atoms with E-state index >= 15 is 0 Å². The first kappa shape index (κ1) is 14.2. The minimum atomic E-state index is -3.93. The Balaban J connectivity index is 2.36. The van der Waals surface area contributed by atoms with Gasteiger partial charge in [0.1, 0.15) is 0 Å². The molecule has 0 amide bonds. The number of rotatable bonds is 4. The van der Waals surface area contributed by atoms with E-state index in [-0.39, 0.29) is 16.0 Å². The van der Waals surface area contributed by atoms with E-state index in [2.05, 4.69) is 10.0 Å². The normalized spacial score (nSPS) is 19.5. The second-order valence-electron chi connectivity index (χ2n) is 4.18. The lowest BCUT2D eigenvalue weighted by molar-refractivity contribution is -0.387. The lowest BCUT2D eigenvalue weighted by Crippen LogP contribution is -2.36. The lowest BCUT2D eigenvalue weighted by Gasteiger charge is -2.12. The van der Waals surface area contributed by atoms with Gasteiger partial charge in [-0.1, -0.05) is 11.6 Å². The molecule has 0 saturated carbocycles. The highest BCUT2D eigenvalue weighted by Crippen LogP contribution is 2.27. The Bertz CT molecular complexity index is 599. The monoisotopic (exact) mass is 305 g/mol. The topological polar surface area (TPSA) is 101 Å². The summed E-state index contributed by atoms with van der Waals surface area (Å²) in [5.74, 6) is 0. The van der Waals surface area contributed by atoms with Crippen molar-refractivity contribution in [2.24, 2.45) is 0 Å². The van der Waals surface area contributed by atoms with Gasteiger partial charge >= 0.3 is 0 Å². The molecule has 0 aromatic heterocycles. The molecule has 1 saturated heterocycles. The minimum Gasteiger partial charge on any atom is -0.315 e. The molecule has 1 aromatic carbocycles. The van der Waals surface area contributed by atoms with E-state index in [0.29, 0.717) is 13.0 Å². The molecule has 2 rings (SSSR count). The van der Waals surface area contributed by atoms with Gasteiger partial charge < -0.3 is 5.32 Å². The Morgan fingerprint density at radius 1 is 1.47 bits per heavy atom. The van der Waals surface area contributed by atoms with Crippen LogP contribution in [0.4, 0.5) is 5.69 Å². The van der Waals surface area contributed by atoms with Crippen LogP contribution in [0.15, 0.2) is 23.1 Å². The highest BCUT2D eigenvalue weighted by atomic mass is 35.5. The van der Waals surface area contributed by atoms with Crippen molar-refractivity contribution in [1.29, 1.82) is 0 Å². The largest absolute Gasteiger partial charge is 0.315 e. The number of nitrogens with one attached hydrogen (secondary N) is 2. The third kappa shape index (κ3) is 3.21. The third-order valence-corrected chi connectivity index (χ3v) is 4.59. The van der Waals surface area contributed by atoms with Gasteiger partial charge in [-0.15, -0.1) is 0 Å². The van der Waals surface area contributed by atoms with E-state index in [9.17, 15) is 18.5 Å². The fraction of sp³-hybridized carbons (Fsp3) is 0.400. The Kier molecular flexibility index (Phi) is 4.04. The fourth-order valence-corrected chi connectivity index (χ4v) is 3.49. The maximum atomic E-state index is 12.1. The van der Waals surface area contributed by atoms with Gasteiger partial charge in [-0.3, -0.25) is 10.1 Å². The number of nitrogens with zero attached hydrogens (tertiary/aromatic N) is 1. The maximum Gasteiger partial charge on any atom is 0.290 e. The van der Waals surface area contributed by atoms with Gasteiger partial charge in [0.05, 0.1) is 4.92 Å². The molecule has 0 spiro atoms. The third-order valence-electron chi connectivity index (χ3n) is 2.79. The Hall–Kier alpha value is -1.22. The molecule has 1 fully saturated rings. The molecule has 2 N–H and O–H groups in total. The molecule has 7 nitrogen and oxygen atoms in total. The standard InChI is InChI=1S/C10H12ClN3O4S/c11-7-1-2-10(9(5-7)14(15)16)19(17,18)13-8-3-4-12-6-8/h1-2,5,8,12-13H,3-4,6H2. The van der Waals surface area contributed by atoms with Crippen LogP contribution in [0, 0.1) is 10.1 Å². The molecule has 1 unspecified atom stereocenters. The first-order valence-corrected chi connectivity index (χ1v) is 7.43. The summed E-state index contributed by atoms with van der Waals surface area (Å²) in [5, 5.41) is 14.0. The molecule has 9 heteroatoms. The van der Waals surface area contributed by atoms with Crippen molar-refractivity contribution in [2.75, 3.05) is 13.1 Å². The Morgan fingerprint density at radius 2 is 2.21 bits per heavy atom. The predicted molar refractivity (Wildman–Crippen MR) is 69.7 cm³/mol. The highest BCUT2D eigenvalue weighted by molar-refractivity contribution is 7.89. The van der Waals surface area contributed by atoms with Gasteiger partial charge in [-0.05, 0) is 25.1 Å². The average molecular weight is 306 g/mol. The quantitative estimate of drug-likeness (QED) is 0.635. The zero-order chi connectivity index (χ0) is 14.0. The molecule has 104 valence electrons. The first-order chi connectivity index (χ1) is 8.90. The lowest BCUT2D eigenvalue weighted by atomic mass is 10.3. The number of nitro benzene ring substituents is 1. The van der Waals surface area contributed by atoms with Crippen molar-refractivity contribution in [3.63, 3.8) is 0 Å². The summed E-state index contributed by atoms with van der Waals surface area (Å²) in [5.41, 5.74) is -0.522. The second kappa shape index (κ2) is 5.41. The zero-order valence-corrected chi connectivity index (χ0v) is 11.4. The SMILES string of the molecule is O=[N+]([O-])c1cc(Cl)ccc1S(=O)(=O)NC1CCNC1. The molecule has 19 heavy (non-hydrogen) atoms. The summed E-state index contributed by atoms with van der Waals surface area (Å²) < 4.78 is 26.7.